The first-order chi connectivity index (χ1) is 9.20. The Labute approximate surface area is 117 Å². The molecular formula is C14H19N3OS. The van der Waals surface area contributed by atoms with E-state index in [0.29, 0.717) is 5.82 Å². The molecule has 0 fully saturated rings. The predicted octanol–water partition coefficient (Wildman–Crippen LogP) is 2.96. The van der Waals surface area contributed by atoms with Crippen LogP contribution in [-0.2, 0) is 19.4 Å². The van der Waals surface area contributed by atoms with Crippen molar-refractivity contribution in [2.45, 2.75) is 52.2 Å². The number of aryl methyl sites for hydroxylation is 2. The van der Waals surface area contributed by atoms with Gasteiger partial charge in [-0.15, -0.1) is 11.3 Å². The van der Waals surface area contributed by atoms with E-state index in [4.69, 9.17) is 0 Å². The minimum Gasteiger partial charge on any atom is -0.385 e. The first kappa shape index (κ1) is 12.8. The zero-order chi connectivity index (χ0) is 13.4. The SMILES string of the molecule is CCn1nc(C(C)O)nc1-c1scc2c1CCCC2. The lowest BCUT2D eigenvalue weighted by Gasteiger charge is -2.12. The van der Waals surface area contributed by atoms with Crippen molar-refractivity contribution in [2.24, 2.45) is 0 Å². The Hall–Kier alpha value is -1.20. The van der Waals surface area contributed by atoms with Gasteiger partial charge in [-0.2, -0.15) is 5.10 Å². The van der Waals surface area contributed by atoms with Crippen molar-refractivity contribution < 1.29 is 5.11 Å². The van der Waals surface area contributed by atoms with E-state index >= 15 is 0 Å². The zero-order valence-corrected chi connectivity index (χ0v) is 12.2. The maximum atomic E-state index is 9.66. The number of aliphatic hydroxyl groups excluding tert-OH is 1. The molecule has 2 aromatic rings. The van der Waals surface area contributed by atoms with Crippen LogP contribution >= 0.6 is 11.3 Å². The largest absolute Gasteiger partial charge is 0.385 e. The van der Waals surface area contributed by atoms with Gasteiger partial charge >= 0.3 is 0 Å². The molecule has 0 amide bonds. The summed E-state index contributed by atoms with van der Waals surface area (Å²) >= 11 is 1.77. The summed E-state index contributed by atoms with van der Waals surface area (Å²) in [7, 11) is 0. The zero-order valence-electron chi connectivity index (χ0n) is 11.4. The summed E-state index contributed by atoms with van der Waals surface area (Å²) in [6.45, 7) is 4.55. The molecule has 1 unspecified atom stereocenters. The lowest BCUT2D eigenvalue weighted by molar-refractivity contribution is 0.188. The average Bonchev–Trinajstić information content (AvgIpc) is 3.01. The van der Waals surface area contributed by atoms with E-state index in [1.807, 2.05) is 4.68 Å². The minimum absolute atomic E-state index is 0.523. The molecule has 19 heavy (non-hydrogen) atoms. The summed E-state index contributed by atoms with van der Waals surface area (Å²) < 4.78 is 1.91. The molecule has 0 radical (unpaired) electrons. The molecule has 1 aliphatic carbocycles. The fourth-order valence-electron chi connectivity index (χ4n) is 2.63. The van der Waals surface area contributed by atoms with Crippen molar-refractivity contribution in [2.75, 3.05) is 0 Å². The minimum atomic E-state index is -0.609. The lowest BCUT2D eigenvalue weighted by atomic mass is 9.94. The molecule has 0 bridgehead atoms. The molecule has 2 heterocycles. The van der Waals surface area contributed by atoms with Crippen LogP contribution in [0.25, 0.3) is 10.7 Å². The number of aromatic nitrogens is 3. The normalized spacial score (nSPS) is 16.4. The van der Waals surface area contributed by atoms with Gasteiger partial charge in [0, 0.05) is 6.54 Å². The number of hydrogen-bond acceptors (Lipinski definition) is 4. The van der Waals surface area contributed by atoms with Gasteiger partial charge in [0.05, 0.1) is 4.88 Å². The predicted molar refractivity (Wildman–Crippen MR) is 76.3 cm³/mol. The van der Waals surface area contributed by atoms with Crippen molar-refractivity contribution >= 4 is 11.3 Å². The molecule has 0 saturated heterocycles. The van der Waals surface area contributed by atoms with Crippen LogP contribution in [0.2, 0.25) is 0 Å². The summed E-state index contributed by atoms with van der Waals surface area (Å²) in [5, 5.41) is 16.3. The van der Waals surface area contributed by atoms with Crippen LogP contribution in [0.15, 0.2) is 5.38 Å². The van der Waals surface area contributed by atoms with E-state index in [9.17, 15) is 5.11 Å². The second kappa shape index (κ2) is 5.06. The second-order valence-electron chi connectivity index (χ2n) is 5.06. The first-order valence-corrected chi connectivity index (χ1v) is 7.81. The van der Waals surface area contributed by atoms with Gasteiger partial charge in [0.25, 0.3) is 0 Å². The third-order valence-corrected chi connectivity index (χ3v) is 4.74. The fraction of sp³-hybridized carbons (Fsp3) is 0.571. The van der Waals surface area contributed by atoms with Gasteiger partial charge in [0.1, 0.15) is 6.10 Å². The smallest absolute Gasteiger partial charge is 0.179 e. The van der Waals surface area contributed by atoms with Gasteiger partial charge in [-0.25, -0.2) is 9.67 Å². The van der Waals surface area contributed by atoms with Crippen LogP contribution in [0.5, 0.6) is 0 Å². The highest BCUT2D eigenvalue weighted by Crippen LogP contribution is 2.36. The molecule has 102 valence electrons. The summed E-state index contributed by atoms with van der Waals surface area (Å²) in [6, 6.07) is 0. The molecule has 1 atom stereocenters. The monoisotopic (exact) mass is 277 g/mol. The van der Waals surface area contributed by atoms with Gasteiger partial charge in [-0.05, 0) is 56.0 Å². The Morgan fingerprint density at radius 3 is 2.95 bits per heavy atom. The van der Waals surface area contributed by atoms with Gasteiger partial charge in [-0.1, -0.05) is 0 Å². The second-order valence-corrected chi connectivity index (χ2v) is 5.94. The van der Waals surface area contributed by atoms with Crippen LogP contribution in [0, 0.1) is 0 Å². The number of hydrogen-bond donors (Lipinski definition) is 1. The standard InChI is InChI=1S/C14H19N3OS/c1-3-17-14(15-13(16-17)9(2)18)12-11-7-5-4-6-10(11)8-19-12/h8-9,18H,3-7H2,1-2H3. The Morgan fingerprint density at radius 2 is 2.21 bits per heavy atom. The molecule has 3 rings (SSSR count). The van der Waals surface area contributed by atoms with Crippen molar-refractivity contribution in [1.29, 1.82) is 0 Å². The number of fused-ring (bicyclic) bond motifs is 1. The molecule has 0 aromatic carbocycles. The highest BCUT2D eigenvalue weighted by Gasteiger charge is 2.22. The van der Waals surface area contributed by atoms with E-state index < -0.39 is 6.10 Å². The van der Waals surface area contributed by atoms with Crippen LogP contribution in [-0.4, -0.2) is 19.9 Å². The van der Waals surface area contributed by atoms with Crippen LogP contribution in [0.3, 0.4) is 0 Å². The van der Waals surface area contributed by atoms with Gasteiger partial charge < -0.3 is 5.11 Å². The van der Waals surface area contributed by atoms with E-state index in [0.717, 1.165) is 18.8 Å². The molecule has 1 N–H and O–H groups in total. The molecule has 1 aliphatic rings. The quantitative estimate of drug-likeness (QED) is 0.938. The van der Waals surface area contributed by atoms with Gasteiger partial charge in [0.15, 0.2) is 11.6 Å². The topological polar surface area (TPSA) is 50.9 Å². The molecule has 2 aromatic heterocycles. The van der Waals surface area contributed by atoms with E-state index in [1.54, 1.807) is 18.3 Å². The first-order valence-electron chi connectivity index (χ1n) is 6.93. The summed E-state index contributed by atoms with van der Waals surface area (Å²) in [6.07, 6.45) is 4.29. The molecule has 4 nitrogen and oxygen atoms in total. The van der Waals surface area contributed by atoms with Crippen LogP contribution in [0.1, 0.15) is 49.7 Å². The molecule has 0 aliphatic heterocycles. The Morgan fingerprint density at radius 1 is 1.42 bits per heavy atom. The number of thiophene rings is 1. The maximum absolute atomic E-state index is 9.66. The van der Waals surface area contributed by atoms with Crippen LogP contribution < -0.4 is 0 Å². The van der Waals surface area contributed by atoms with E-state index in [2.05, 4.69) is 22.4 Å². The van der Waals surface area contributed by atoms with E-state index in [1.165, 1.54) is 35.3 Å². The third kappa shape index (κ3) is 2.21. The lowest BCUT2D eigenvalue weighted by Crippen LogP contribution is -2.03. The Kier molecular flexibility index (Phi) is 3.41. The number of nitrogens with zero attached hydrogens (tertiary/aromatic N) is 3. The van der Waals surface area contributed by atoms with E-state index in [-0.39, 0.29) is 0 Å². The molecule has 0 saturated carbocycles. The van der Waals surface area contributed by atoms with Crippen molar-refractivity contribution in [3.63, 3.8) is 0 Å². The highest BCUT2D eigenvalue weighted by molar-refractivity contribution is 7.13. The fourth-order valence-corrected chi connectivity index (χ4v) is 3.78. The summed E-state index contributed by atoms with van der Waals surface area (Å²) in [5.41, 5.74) is 2.94. The third-order valence-electron chi connectivity index (χ3n) is 3.67. The number of rotatable bonds is 3. The molecular weight excluding hydrogens is 258 g/mol. The van der Waals surface area contributed by atoms with Crippen molar-refractivity contribution in [3.05, 3.63) is 22.3 Å². The molecule has 0 spiro atoms. The highest BCUT2D eigenvalue weighted by atomic mass is 32.1. The molecule has 5 heteroatoms. The van der Waals surface area contributed by atoms with Crippen LogP contribution in [0.4, 0.5) is 0 Å². The number of aliphatic hydroxyl groups is 1. The Bertz CT molecular complexity index is 586. The summed E-state index contributed by atoms with van der Waals surface area (Å²) in [4.78, 5) is 5.79. The average molecular weight is 277 g/mol. The van der Waals surface area contributed by atoms with Crippen molar-refractivity contribution in [3.8, 4) is 10.7 Å². The maximum Gasteiger partial charge on any atom is 0.179 e. The Balaban J connectivity index is 2.08. The van der Waals surface area contributed by atoms with Gasteiger partial charge in [-0.3, -0.25) is 0 Å². The van der Waals surface area contributed by atoms with Crippen molar-refractivity contribution in [1.82, 2.24) is 14.8 Å². The summed E-state index contributed by atoms with van der Waals surface area (Å²) in [5.74, 6) is 1.45. The van der Waals surface area contributed by atoms with Gasteiger partial charge in [0.2, 0.25) is 0 Å².